The first-order valence-electron chi connectivity index (χ1n) is 9.01. The molecule has 1 aromatic carbocycles. The number of benzene rings is 1. The zero-order chi connectivity index (χ0) is 18.5. The molecule has 6 nitrogen and oxygen atoms in total. The van der Waals surface area contributed by atoms with E-state index in [4.69, 9.17) is 16.3 Å². The predicted octanol–water partition coefficient (Wildman–Crippen LogP) is 4.19. The maximum Gasteiger partial charge on any atom is 0.338 e. The lowest BCUT2D eigenvalue weighted by Crippen LogP contribution is -2.51. The van der Waals surface area contributed by atoms with Crippen LogP contribution in [0.1, 0.15) is 48.9 Å². The number of hydrogen-bond acceptors (Lipinski definition) is 5. The van der Waals surface area contributed by atoms with Gasteiger partial charge in [-0.1, -0.05) is 11.6 Å². The lowest BCUT2D eigenvalue weighted by atomic mass is 9.48. The average molecular weight is 378 g/mol. The van der Waals surface area contributed by atoms with Crippen molar-refractivity contribution < 1.29 is 19.2 Å². The van der Waals surface area contributed by atoms with Gasteiger partial charge in [0.2, 0.25) is 0 Å². The summed E-state index contributed by atoms with van der Waals surface area (Å²) in [4.78, 5) is 35.4. The van der Waals surface area contributed by atoms with Gasteiger partial charge >= 0.3 is 5.97 Å². The first-order chi connectivity index (χ1) is 12.4. The van der Waals surface area contributed by atoms with Crippen LogP contribution >= 0.6 is 11.6 Å². The normalized spacial score (nSPS) is 31.7. The summed E-state index contributed by atoms with van der Waals surface area (Å²) in [5, 5.41) is 10.9. The highest BCUT2D eigenvalue weighted by Crippen LogP contribution is 2.60. The van der Waals surface area contributed by atoms with Crippen LogP contribution in [0.4, 0.5) is 5.69 Å². The number of ketones is 1. The molecule has 138 valence electrons. The Hall–Kier alpha value is -1.95. The van der Waals surface area contributed by atoms with Gasteiger partial charge in [0.1, 0.15) is 5.02 Å². The highest BCUT2D eigenvalue weighted by molar-refractivity contribution is 6.32. The Morgan fingerprint density at radius 3 is 2.27 bits per heavy atom. The fourth-order valence-electron chi connectivity index (χ4n) is 5.60. The van der Waals surface area contributed by atoms with Crippen molar-refractivity contribution in [2.45, 2.75) is 38.5 Å². The molecule has 0 N–H and O–H groups in total. The molecule has 0 saturated heterocycles. The van der Waals surface area contributed by atoms with Crippen LogP contribution < -0.4 is 0 Å². The number of rotatable bonds is 5. The van der Waals surface area contributed by atoms with E-state index in [1.54, 1.807) is 0 Å². The first-order valence-corrected chi connectivity index (χ1v) is 9.38. The lowest BCUT2D eigenvalue weighted by molar-refractivity contribution is -0.384. The van der Waals surface area contributed by atoms with Crippen molar-refractivity contribution in [1.82, 2.24) is 0 Å². The molecule has 0 heterocycles. The van der Waals surface area contributed by atoms with Gasteiger partial charge in [0.05, 0.1) is 10.5 Å². The smallest absolute Gasteiger partial charge is 0.338 e. The molecule has 0 unspecified atom stereocenters. The number of nitro groups is 1. The van der Waals surface area contributed by atoms with Crippen LogP contribution in [-0.2, 0) is 9.53 Å². The summed E-state index contributed by atoms with van der Waals surface area (Å²) in [6.07, 6.45) is 6.47. The maximum atomic E-state index is 12.9. The van der Waals surface area contributed by atoms with Crippen LogP contribution in [0.15, 0.2) is 18.2 Å². The van der Waals surface area contributed by atoms with E-state index in [1.165, 1.54) is 31.4 Å². The fraction of sp³-hybridized carbons (Fsp3) is 0.579. The predicted molar refractivity (Wildman–Crippen MR) is 94.0 cm³/mol. The molecule has 0 amide bonds. The second-order valence-corrected chi connectivity index (χ2v) is 8.53. The molecule has 0 atom stereocenters. The van der Waals surface area contributed by atoms with Crippen molar-refractivity contribution in [3.63, 3.8) is 0 Å². The van der Waals surface area contributed by atoms with E-state index >= 15 is 0 Å². The summed E-state index contributed by atoms with van der Waals surface area (Å²) < 4.78 is 5.20. The number of carbonyl (C=O) groups is 2. The molecule has 0 spiro atoms. The Morgan fingerprint density at radius 1 is 1.15 bits per heavy atom. The highest BCUT2D eigenvalue weighted by Gasteiger charge is 2.54. The van der Waals surface area contributed by atoms with Crippen LogP contribution in [-0.4, -0.2) is 23.3 Å². The zero-order valence-corrected chi connectivity index (χ0v) is 15.0. The second-order valence-electron chi connectivity index (χ2n) is 8.12. The SMILES string of the molecule is O=C(OCC(=O)C12CC3CC(CC(C3)C1)C2)c1ccc(Cl)c([N+](=O)[O-])c1. The Bertz CT molecular complexity index is 755. The standard InChI is InChI=1S/C19H20ClNO5/c20-15-2-1-14(6-16(15)21(24)25)18(23)26-10-17(22)19-7-11-3-12(8-19)5-13(4-11)9-19/h1-2,6,11-13H,3-5,7-10H2. The molecule has 0 aromatic heterocycles. The average Bonchev–Trinajstić information content (AvgIpc) is 2.58. The van der Waals surface area contributed by atoms with E-state index in [9.17, 15) is 19.7 Å². The van der Waals surface area contributed by atoms with Crippen LogP contribution in [0.25, 0.3) is 0 Å². The molecule has 0 aliphatic heterocycles. The highest BCUT2D eigenvalue weighted by atomic mass is 35.5. The van der Waals surface area contributed by atoms with E-state index in [2.05, 4.69) is 0 Å². The minimum absolute atomic E-state index is 0.00779. The number of nitrogens with zero attached hydrogens (tertiary/aromatic N) is 1. The van der Waals surface area contributed by atoms with Gasteiger partial charge in [-0.3, -0.25) is 14.9 Å². The number of ether oxygens (including phenoxy) is 1. The van der Waals surface area contributed by atoms with Crippen molar-refractivity contribution in [3.05, 3.63) is 38.9 Å². The topological polar surface area (TPSA) is 86.5 Å². The van der Waals surface area contributed by atoms with Gasteiger partial charge in [0.15, 0.2) is 12.4 Å². The van der Waals surface area contributed by atoms with E-state index in [0.717, 1.165) is 25.3 Å². The number of hydrogen-bond donors (Lipinski definition) is 0. The number of nitro benzene ring substituents is 1. The molecule has 26 heavy (non-hydrogen) atoms. The maximum absolute atomic E-state index is 12.9. The number of halogens is 1. The third-order valence-corrected chi connectivity index (χ3v) is 6.66. The van der Waals surface area contributed by atoms with E-state index in [1.807, 2.05) is 0 Å². The van der Waals surface area contributed by atoms with E-state index in [0.29, 0.717) is 17.8 Å². The summed E-state index contributed by atoms with van der Waals surface area (Å²) in [7, 11) is 0. The molecular formula is C19H20ClNO5. The van der Waals surface area contributed by atoms with Crippen LogP contribution in [0, 0.1) is 33.3 Å². The second kappa shape index (κ2) is 6.34. The Balaban J connectivity index is 1.43. The molecule has 4 aliphatic carbocycles. The van der Waals surface area contributed by atoms with Crippen LogP contribution in [0.2, 0.25) is 5.02 Å². The molecule has 4 fully saturated rings. The summed E-state index contributed by atoms with van der Waals surface area (Å²) in [5.74, 6) is 1.19. The largest absolute Gasteiger partial charge is 0.454 e. The van der Waals surface area contributed by atoms with Crippen molar-refractivity contribution in [2.75, 3.05) is 6.61 Å². The molecule has 0 radical (unpaired) electrons. The van der Waals surface area contributed by atoms with Crippen LogP contribution in [0.5, 0.6) is 0 Å². The summed E-state index contributed by atoms with van der Waals surface area (Å²) in [5.41, 5.74) is -0.644. The monoisotopic (exact) mass is 377 g/mol. The van der Waals surface area contributed by atoms with Gasteiger partial charge in [-0.05, 0) is 68.4 Å². The van der Waals surface area contributed by atoms with Crippen molar-refractivity contribution in [2.24, 2.45) is 23.2 Å². The summed E-state index contributed by atoms with van der Waals surface area (Å²) in [6.45, 7) is -0.262. The Labute approximate surface area is 156 Å². The van der Waals surface area contributed by atoms with Crippen molar-refractivity contribution >= 4 is 29.0 Å². The summed E-state index contributed by atoms with van der Waals surface area (Å²) in [6, 6.07) is 3.74. The van der Waals surface area contributed by atoms with Gasteiger partial charge in [0.25, 0.3) is 5.69 Å². The zero-order valence-electron chi connectivity index (χ0n) is 14.3. The van der Waals surface area contributed by atoms with Gasteiger partial charge in [0, 0.05) is 11.5 Å². The van der Waals surface area contributed by atoms with E-state index < -0.39 is 10.9 Å². The number of Topliss-reactive ketones (excluding diaryl/α,β-unsaturated/α-hetero) is 1. The molecule has 5 rings (SSSR count). The molecular weight excluding hydrogens is 358 g/mol. The van der Waals surface area contributed by atoms with Gasteiger partial charge < -0.3 is 4.74 Å². The third-order valence-electron chi connectivity index (χ3n) is 6.34. The van der Waals surface area contributed by atoms with Crippen molar-refractivity contribution in [3.8, 4) is 0 Å². The van der Waals surface area contributed by atoms with Crippen molar-refractivity contribution in [1.29, 1.82) is 0 Å². The van der Waals surface area contributed by atoms with Gasteiger partial charge in [-0.15, -0.1) is 0 Å². The van der Waals surface area contributed by atoms with Crippen LogP contribution in [0.3, 0.4) is 0 Å². The third kappa shape index (κ3) is 3.00. The number of esters is 1. The minimum Gasteiger partial charge on any atom is -0.454 e. The molecule has 7 heteroatoms. The molecule has 1 aromatic rings. The lowest BCUT2D eigenvalue weighted by Gasteiger charge is -2.55. The number of carbonyl (C=O) groups excluding carboxylic acids is 2. The quantitative estimate of drug-likeness (QED) is 0.436. The minimum atomic E-state index is -0.733. The Kier molecular flexibility index (Phi) is 4.26. The molecule has 4 aliphatic rings. The molecule has 4 bridgehead atoms. The fourth-order valence-corrected chi connectivity index (χ4v) is 5.79. The van der Waals surface area contributed by atoms with Gasteiger partial charge in [-0.2, -0.15) is 0 Å². The molecule has 4 saturated carbocycles. The first kappa shape index (κ1) is 17.5. The van der Waals surface area contributed by atoms with Gasteiger partial charge in [-0.25, -0.2) is 4.79 Å². The Morgan fingerprint density at radius 2 is 1.73 bits per heavy atom. The van der Waals surface area contributed by atoms with E-state index in [-0.39, 0.29) is 34.1 Å². The summed E-state index contributed by atoms with van der Waals surface area (Å²) >= 11 is 5.75.